The topological polar surface area (TPSA) is 195 Å². The largest absolute Gasteiger partial charge is 0.479 e. The highest BCUT2D eigenvalue weighted by atomic mass is 35.5. The van der Waals surface area contributed by atoms with Crippen molar-refractivity contribution in [3.8, 4) is 63.1 Å². The Morgan fingerprint density at radius 2 is 1.33 bits per heavy atom. The number of hydrogen-bond acceptors (Lipinski definition) is 14. The number of rotatable bonds is 12. The molecule has 0 amide bonds. The van der Waals surface area contributed by atoms with Gasteiger partial charge in [-0.15, -0.1) is 0 Å². The van der Waals surface area contributed by atoms with Gasteiger partial charge in [-0.1, -0.05) is 59.0 Å². The SMILES string of the molecule is CC(=O)OOc1ccc(-c2noc(-c3cnc(Cl)c(Cl)c3)n2)cc1F.CC(C)COc1ncc(-c2nc(-c3ccc(OCC(=O)O)c(F)c3)no2)cc1Cl. The van der Waals surface area contributed by atoms with E-state index >= 15 is 0 Å². The van der Waals surface area contributed by atoms with Gasteiger partial charge in [0.1, 0.15) is 10.2 Å². The zero-order chi connectivity index (χ0) is 38.9. The summed E-state index contributed by atoms with van der Waals surface area (Å²) in [6.45, 7) is 4.98. The van der Waals surface area contributed by atoms with Crippen LogP contribution in [0.2, 0.25) is 15.2 Å². The lowest BCUT2D eigenvalue weighted by molar-refractivity contribution is -0.211. The molecule has 2 aromatic carbocycles. The number of carboxylic acid groups (broad SMARTS) is 1. The molecular formula is C34H25Cl3F2N6O9. The first kappa shape index (κ1) is 39.3. The summed E-state index contributed by atoms with van der Waals surface area (Å²) in [5.74, 6) is -2.66. The van der Waals surface area contributed by atoms with Crippen LogP contribution >= 0.6 is 34.8 Å². The van der Waals surface area contributed by atoms with E-state index in [0.717, 1.165) is 19.1 Å². The van der Waals surface area contributed by atoms with Crippen molar-refractivity contribution in [2.24, 2.45) is 5.92 Å². The molecule has 0 aliphatic rings. The second-order valence-electron chi connectivity index (χ2n) is 11.2. The average Bonchev–Trinajstić information content (AvgIpc) is 3.83. The number of carbonyl (C=O) groups is 2. The van der Waals surface area contributed by atoms with E-state index < -0.39 is 30.2 Å². The van der Waals surface area contributed by atoms with Crippen molar-refractivity contribution in [3.63, 3.8) is 0 Å². The standard InChI is InChI=1S/C19H17ClFN3O5.C15H8Cl2FN3O4/c1-10(2)8-28-19-13(20)5-12(7-22-19)18-23-17(24-29-18)11-3-4-15(14(21)6-11)27-9-16(25)26;1-7(22)24-25-12-3-2-8(5-11(12)18)14-20-15(23-21-14)9-4-10(16)13(17)19-6-9/h3-7,10H,8-9H2,1-2H3,(H,25,26);2-6H,1H3. The molecule has 6 aromatic rings. The van der Waals surface area contributed by atoms with Gasteiger partial charge >= 0.3 is 11.9 Å². The number of aromatic nitrogens is 6. The van der Waals surface area contributed by atoms with Gasteiger partial charge in [-0.2, -0.15) is 9.97 Å². The normalized spacial score (nSPS) is 10.8. The molecule has 4 heterocycles. The summed E-state index contributed by atoms with van der Waals surface area (Å²) in [5.41, 5.74) is 1.60. The average molecular weight is 806 g/mol. The van der Waals surface area contributed by atoms with Gasteiger partial charge < -0.3 is 23.6 Å². The molecule has 0 unspecified atom stereocenters. The summed E-state index contributed by atoms with van der Waals surface area (Å²) in [6.07, 6.45) is 2.91. The van der Waals surface area contributed by atoms with Crippen molar-refractivity contribution < 1.29 is 51.8 Å². The predicted molar refractivity (Wildman–Crippen MR) is 187 cm³/mol. The first-order valence-corrected chi connectivity index (χ1v) is 16.5. The van der Waals surface area contributed by atoms with Crippen LogP contribution in [0.1, 0.15) is 20.8 Å². The number of hydrogen-bond donors (Lipinski definition) is 1. The zero-order valence-electron chi connectivity index (χ0n) is 28.1. The summed E-state index contributed by atoms with van der Waals surface area (Å²) in [6, 6.07) is 10.9. The lowest BCUT2D eigenvalue weighted by Gasteiger charge is -2.09. The highest BCUT2D eigenvalue weighted by Crippen LogP contribution is 2.31. The molecule has 280 valence electrons. The van der Waals surface area contributed by atoms with Gasteiger partial charge in [-0.05, 0) is 54.4 Å². The second-order valence-corrected chi connectivity index (χ2v) is 12.4. The smallest absolute Gasteiger partial charge is 0.352 e. The number of carboxylic acids is 1. The van der Waals surface area contributed by atoms with Gasteiger partial charge in [0, 0.05) is 30.4 Å². The van der Waals surface area contributed by atoms with Crippen LogP contribution < -0.4 is 14.4 Å². The maximum atomic E-state index is 14.1. The molecule has 0 saturated heterocycles. The Bertz CT molecular complexity index is 2290. The molecule has 0 radical (unpaired) electrons. The molecule has 6 rings (SSSR count). The first-order valence-electron chi connectivity index (χ1n) is 15.3. The highest BCUT2D eigenvalue weighted by molar-refractivity contribution is 6.41. The molecule has 0 aliphatic heterocycles. The third-order valence-electron chi connectivity index (χ3n) is 6.48. The minimum absolute atomic E-state index is 0.138. The first-order chi connectivity index (χ1) is 25.8. The van der Waals surface area contributed by atoms with Crippen molar-refractivity contribution >= 4 is 46.7 Å². The minimum atomic E-state index is -1.20. The van der Waals surface area contributed by atoms with E-state index in [2.05, 4.69) is 40.0 Å². The number of benzene rings is 2. The summed E-state index contributed by atoms with van der Waals surface area (Å²) >= 11 is 17.8. The van der Waals surface area contributed by atoms with Gasteiger partial charge in [0.25, 0.3) is 11.8 Å². The van der Waals surface area contributed by atoms with Gasteiger partial charge in [0.05, 0.1) is 22.8 Å². The number of pyridine rings is 2. The molecule has 0 bridgehead atoms. The van der Waals surface area contributed by atoms with Crippen LogP contribution in [0.15, 0.2) is 70.0 Å². The van der Waals surface area contributed by atoms with Gasteiger partial charge in [-0.3, -0.25) is 9.78 Å². The fourth-order valence-electron chi connectivity index (χ4n) is 4.06. The van der Waals surface area contributed by atoms with Crippen LogP contribution in [0.25, 0.3) is 45.7 Å². The van der Waals surface area contributed by atoms with Gasteiger partial charge in [0.2, 0.25) is 23.3 Å². The van der Waals surface area contributed by atoms with E-state index in [1.165, 1.54) is 42.7 Å². The van der Waals surface area contributed by atoms with Crippen LogP contribution in [0.3, 0.4) is 0 Å². The third kappa shape index (κ3) is 10.4. The van der Waals surface area contributed by atoms with Crippen molar-refractivity contribution in [2.45, 2.75) is 20.8 Å². The molecule has 54 heavy (non-hydrogen) atoms. The summed E-state index contributed by atoms with van der Waals surface area (Å²) in [5, 5.41) is 16.9. The number of aliphatic carboxylic acids is 1. The van der Waals surface area contributed by atoms with Gasteiger partial charge in [0.15, 0.2) is 24.0 Å². The van der Waals surface area contributed by atoms with Crippen molar-refractivity contribution in [2.75, 3.05) is 13.2 Å². The molecule has 1 N–H and O–H groups in total. The summed E-state index contributed by atoms with van der Waals surface area (Å²) in [7, 11) is 0. The van der Waals surface area contributed by atoms with E-state index in [1.807, 2.05) is 13.8 Å². The number of carbonyl (C=O) groups excluding carboxylic acids is 1. The van der Waals surface area contributed by atoms with E-state index in [0.29, 0.717) is 45.7 Å². The molecule has 0 fully saturated rings. The molecule has 0 saturated carbocycles. The van der Waals surface area contributed by atoms with Crippen LogP contribution in [-0.2, 0) is 14.5 Å². The van der Waals surface area contributed by atoms with E-state index in [-0.39, 0.29) is 45.1 Å². The summed E-state index contributed by atoms with van der Waals surface area (Å²) in [4.78, 5) is 46.5. The fraction of sp³-hybridized carbons (Fsp3) is 0.176. The molecule has 0 aliphatic carbocycles. The Morgan fingerprint density at radius 3 is 1.83 bits per heavy atom. The number of nitrogens with zero attached hydrogens (tertiary/aromatic N) is 6. The Labute approximate surface area is 318 Å². The highest BCUT2D eigenvalue weighted by Gasteiger charge is 2.17. The Kier molecular flexibility index (Phi) is 12.9. The van der Waals surface area contributed by atoms with Gasteiger partial charge in [-0.25, -0.2) is 28.3 Å². The summed E-state index contributed by atoms with van der Waals surface area (Å²) < 4.78 is 48.8. The van der Waals surface area contributed by atoms with E-state index in [9.17, 15) is 18.4 Å². The molecule has 0 spiro atoms. The van der Waals surface area contributed by atoms with Crippen molar-refractivity contribution in [1.82, 2.24) is 30.2 Å². The Morgan fingerprint density at radius 1 is 0.778 bits per heavy atom. The van der Waals surface area contributed by atoms with Crippen molar-refractivity contribution in [3.05, 3.63) is 87.8 Å². The molecular weight excluding hydrogens is 781 g/mol. The van der Waals surface area contributed by atoms with Crippen molar-refractivity contribution in [1.29, 1.82) is 0 Å². The molecule has 4 aromatic heterocycles. The number of ether oxygens (including phenoxy) is 2. The maximum Gasteiger partial charge on any atom is 0.352 e. The lowest BCUT2D eigenvalue weighted by Crippen LogP contribution is -2.10. The quantitative estimate of drug-likeness (QED) is 0.0706. The van der Waals surface area contributed by atoms with Crippen LogP contribution in [-0.4, -0.2) is 60.5 Å². The van der Waals surface area contributed by atoms with E-state index in [1.54, 1.807) is 6.07 Å². The molecule has 0 atom stereocenters. The fourth-order valence-corrected chi connectivity index (χ4v) is 4.55. The predicted octanol–water partition coefficient (Wildman–Crippen LogP) is 8.19. The van der Waals surface area contributed by atoms with Crippen LogP contribution in [0.4, 0.5) is 8.78 Å². The molecule has 15 nitrogen and oxygen atoms in total. The monoisotopic (exact) mass is 804 g/mol. The lowest BCUT2D eigenvalue weighted by atomic mass is 10.2. The van der Waals surface area contributed by atoms with Crippen LogP contribution in [0, 0.1) is 17.6 Å². The van der Waals surface area contributed by atoms with Crippen LogP contribution in [0.5, 0.6) is 17.4 Å². The number of halogens is 5. The second kappa shape index (κ2) is 17.7. The molecule has 20 heteroatoms. The van der Waals surface area contributed by atoms with E-state index in [4.69, 9.17) is 58.4 Å². The maximum absolute atomic E-state index is 14.1. The zero-order valence-corrected chi connectivity index (χ0v) is 30.3. The Hall–Kier alpha value is -5.91. The third-order valence-corrected chi connectivity index (χ3v) is 7.44. The Balaban J connectivity index is 0.000000210. The minimum Gasteiger partial charge on any atom is -0.479 e.